The van der Waals surface area contributed by atoms with Crippen LogP contribution in [0.4, 0.5) is 0 Å². The molecule has 1 aliphatic rings. The van der Waals surface area contributed by atoms with Crippen LogP contribution in [0.3, 0.4) is 0 Å². The van der Waals surface area contributed by atoms with Gasteiger partial charge in [0.05, 0.1) is 0 Å². The SMILES string of the molecule is CC1(C)CCC(C(=O)O)C1=O. The molecule has 3 nitrogen and oxygen atoms in total. The van der Waals surface area contributed by atoms with Crippen molar-refractivity contribution in [3.05, 3.63) is 0 Å². The van der Waals surface area contributed by atoms with Crippen molar-refractivity contribution in [1.29, 1.82) is 0 Å². The fourth-order valence-corrected chi connectivity index (χ4v) is 1.47. The number of hydrogen-bond acceptors (Lipinski definition) is 2. The summed E-state index contributed by atoms with van der Waals surface area (Å²) in [7, 11) is 0. The van der Waals surface area contributed by atoms with Gasteiger partial charge < -0.3 is 5.11 Å². The van der Waals surface area contributed by atoms with Crippen LogP contribution in [0, 0.1) is 11.3 Å². The molecule has 0 saturated heterocycles. The van der Waals surface area contributed by atoms with Gasteiger partial charge in [0.1, 0.15) is 5.92 Å². The quantitative estimate of drug-likeness (QED) is 0.578. The van der Waals surface area contributed by atoms with Crippen molar-refractivity contribution in [3.8, 4) is 0 Å². The second kappa shape index (κ2) is 2.32. The number of ketones is 1. The van der Waals surface area contributed by atoms with Gasteiger partial charge in [0, 0.05) is 5.41 Å². The van der Waals surface area contributed by atoms with Crippen molar-refractivity contribution in [3.63, 3.8) is 0 Å². The van der Waals surface area contributed by atoms with E-state index >= 15 is 0 Å². The van der Waals surface area contributed by atoms with Crippen molar-refractivity contribution in [2.24, 2.45) is 11.3 Å². The Hall–Kier alpha value is -0.860. The van der Waals surface area contributed by atoms with E-state index in [0.717, 1.165) is 0 Å². The third-order valence-electron chi connectivity index (χ3n) is 2.34. The number of carboxylic acids is 1. The van der Waals surface area contributed by atoms with Crippen LogP contribution in [0.1, 0.15) is 26.7 Å². The third kappa shape index (κ3) is 1.27. The standard InChI is InChI=1S/C8H12O3/c1-8(2)4-3-5(6(8)9)7(10)11/h5H,3-4H2,1-2H3,(H,10,11). The van der Waals surface area contributed by atoms with Crippen LogP contribution in [-0.4, -0.2) is 16.9 Å². The molecule has 1 aliphatic carbocycles. The maximum absolute atomic E-state index is 11.3. The van der Waals surface area contributed by atoms with Gasteiger partial charge in [-0.1, -0.05) is 13.8 Å². The fourth-order valence-electron chi connectivity index (χ4n) is 1.47. The van der Waals surface area contributed by atoms with Crippen molar-refractivity contribution < 1.29 is 14.7 Å². The van der Waals surface area contributed by atoms with Gasteiger partial charge >= 0.3 is 5.97 Å². The highest BCUT2D eigenvalue weighted by atomic mass is 16.4. The summed E-state index contributed by atoms with van der Waals surface area (Å²) in [6.45, 7) is 3.61. The predicted molar refractivity (Wildman–Crippen MR) is 39.1 cm³/mol. The first-order chi connectivity index (χ1) is 4.95. The van der Waals surface area contributed by atoms with E-state index in [1.807, 2.05) is 0 Å². The van der Waals surface area contributed by atoms with Gasteiger partial charge in [-0.2, -0.15) is 0 Å². The van der Waals surface area contributed by atoms with Crippen LogP contribution in [0.15, 0.2) is 0 Å². The minimum absolute atomic E-state index is 0.120. The predicted octanol–water partition coefficient (Wildman–Crippen LogP) is 1.08. The Labute approximate surface area is 65.4 Å². The molecule has 0 aromatic heterocycles. The van der Waals surface area contributed by atoms with Gasteiger partial charge in [0.2, 0.25) is 0 Å². The molecule has 0 aliphatic heterocycles. The highest BCUT2D eigenvalue weighted by Gasteiger charge is 2.43. The number of Topliss-reactive ketones (excluding diaryl/α,β-unsaturated/α-hetero) is 1. The molecule has 62 valence electrons. The number of carbonyl (C=O) groups is 2. The lowest BCUT2D eigenvalue weighted by Gasteiger charge is -2.13. The second-order valence-electron chi connectivity index (χ2n) is 3.68. The average Bonchev–Trinajstić information content (AvgIpc) is 2.09. The van der Waals surface area contributed by atoms with E-state index in [4.69, 9.17) is 5.11 Å². The third-order valence-corrected chi connectivity index (χ3v) is 2.34. The Morgan fingerprint density at radius 2 is 2.18 bits per heavy atom. The summed E-state index contributed by atoms with van der Waals surface area (Å²) in [6, 6.07) is 0. The summed E-state index contributed by atoms with van der Waals surface area (Å²) >= 11 is 0. The van der Waals surface area contributed by atoms with Gasteiger partial charge in [-0.05, 0) is 12.8 Å². The molecule has 0 spiro atoms. The number of aliphatic carboxylic acids is 1. The Morgan fingerprint density at radius 3 is 2.36 bits per heavy atom. The largest absolute Gasteiger partial charge is 0.481 e. The monoisotopic (exact) mass is 156 g/mol. The molecule has 1 rings (SSSR count). The van der Waals surface area contributed by atoms with Gasteiger partial charge in [-0.15, -0.1) is 0 Å². The molecule has 0 aromatic carbocycles. The highest BCUT2D eigenvalue weighted by molar-refractivity contribution is 6.02. The first-order valence-electron chi connectivity index (χ1n) is 3.72. The van der Waals surface area contributed by atoms with E-state index in [1.54, 1.807) is 13.8 Å². The maximum atomic E-state index is 11.3. The van der Waals surface area contributed by atoms with Gasteiger partial charge in [0.25, 0.3) is 0 Å². The number of rotatable bonds is 1. The van der Waals surface area contributed by atoms with Crippen LogP contribution in [0.2, 0.25) is 0 Å². The van der Waals surface area contributed by atoms with E-state index < -0.39 is 17.3 Å². The summed E-state index contributed by atoms with van der Waals surface area (Å²) in [6.07, 6.45) is 1.20. The Bertz CT molecular complexity index is 205. The lowest BCUT2D eigenvalue weighted by atomic mass is 9.89. The van der Waals surface area contributed by atoms with Crippen molar-refractivity contribution in [2.45, 2.75) is 26.7 Å². The summed E-state index contributed by atoms with van der Waals surface area (Å²) in [5.74, 6) is -1.84. The molecule has 0 heterocycles. The smallest absolute Gasteiger partial charge is 0.314 e. The lowest BCUT2D eigenvalue weighted by molar-refractivity contribution is -0.146. The van der Waals surface area contributed by atoms with E-state index in [-0.39, 0.29) is 5.78 Å². The molecule has 0 aromatic rings. The van der Waals surface area contributed by atoms with E-state index in [1.165, 1.54) is 0 Å². The second-order valence-corrected chi connectivity index (χ2v) is 3.68. The lowest BCUT2D eigenvalue weighted by Crippen LogP contribution is -2.26. The van der Waals surface area contributed by atoms with Crippen LogP contribution in [-0.2, 0) is 9.59 Å². The van der Waals surface area contributed by atoms with E-state index in [2.05, 4.69) is 0 Å². The highest BCUT2D eigenvalue weighted by Crippen LogP contribution is 2.37. The molecule has 1 atom stereocenters. The molecular formula is C8H12O3. The van der Waals surface area contributed by atoms with E-state index in [0.29, 0.717) is 12.8 Å². The minimum Gasteiger partial charge on any atom is -0.481 e. The zero-order valence-corrected chi connectivity index (χ0v) is 6.76. The van der Waals surface area contributed by atoms with Gasteiger partial charge in [-0.25, -0.2) is 0 Å². The first kappa shape index (κ1) is 8.24. The molecule has 3 heteroatoms. The molecule has 1 fully saturated rings. The van der Waals surface area contributed by atoms with Crippen LogP contribution >= 0.6 is 0 Å². The molecular weight excluding hydrogens is 144 g/mol. The van der Waals surface area contributed by atoms with E-state index in [9.17, 15) is 9.59 Å². The van der Waals surface area contributed by atoms with Crippen LogP contribution in [0.5, 0.6) is 0 Å². The summed E-state index contributed by atoms with van der Waals surface area (Å²) in [5.41, 5.74) is -0.414. The minimum atomic E-state index is -0.972. The zero-order chi connectivity index (χ0) is 8.65. The topological polar surface area (TPSA) is 54.4 Å². The number of hydrogen-bond donors (Lipinski definition) is 1. The number of carbonyl (C=O) groups excluding carboxylic acids is 1. The van der Waals surface area contributed by atoms with Crippen molar-refractivity contribution >= 4 is 11.8 Å². The Morgan fingerprint density at radius 1 is 1.64 bits per heavy atom. The molecule has 0 radical (unpaired) electrons. The Kier molecular flexibility index (Phi) is 1.74. The van der Waals surface area contributed by atoms with Crippen molar-refractivity contribution in [2.75, 3.05) is 0 Å². The Balaban J connectivity index is 2.79. The summed E-state index contributed by atoms with van der Waals surface area (Å²) in [4.78, 5) is 21.8. The average molecular weight is 156 g/mol. The molecule has 11 heavy (non-hydrogen) atoms. The normalized spacial score (nSPS) is 28.9. The molecule has 1 unspecified atom stereocenters. The van der Waals surface area contributed by atoms with Gasteiger partial charge in [-0.3, -0.25) is 9.59 Å². The summed E-state index contributed by atoms with van der Waals surface area (Å²) in [5, 5.41) is 8.60. The molecule has 1 N–H and O–H groups in total. The molecule has 0 bridgehead atoms. The van der Waals surface area contributed by atoms with Crippen molar-refractivity contribution in [1.82, 2.24) is 0 Å². The molecule has 1 saturated carbocycles. The fraction of sp³-hybridized carbons (Fsp3) is 0.750. The maximum Gasteiger partial charge on any atom is 0.314 e. The first-order valence-corrected chi connectivity index (χ1v) is 3.72. The summed E-state index contributed by atoms with van der Waals surface area (Å²) < 4.78 is 0. The zero-order valence-electron chi connectivity index (χ0n) is 6.76. The van der Waals surface area contributed by atoms with Crippen LogP contribution < -0.4 is 0 Å². The number of carboxylic acid groups (broad SMARTS) is 1. The van der Waals surface area contributed by atoms with Gasteiger partial charge in [0.15, 0.2) is 5.78 Å². The molecule has 0 amide bonds. The van der Waals surface area contributed by atoms with Crippen LogP contribution in [0.25, 0.3) is 0 Å².